The van der Waals surface area contributed by atoms with Crippen LogP contribution in [0.15, 0.2) is 30.3 Å². The molecule has 0 amide bonds. The van der Waals surface area contributed by atoms with E-state index in [1.165, 1.54) is 0 Å². The van der Waals surface area contributed by atoms with Crippen LogP contribution in [0.3, 0.4) is 0 Å². The van der Waals surface area contributed by atoms with Crippen molar-refractivity contribution in [2.75, 3.05) is 12.8 Å². The molecule has 0 radical (unpaired) electrons. The van der Waals surface area contributed by atoms with Gasteiger partial charge in [0.15, 0.2) is 0 Å². The van der Waals surface area contributed by atoms with Crippen LogP contribution in [0.2, 0.25) is 0 Å². The Kier molecular flexibility index (Phi) is 3.03. The third kappa shape index (κ3) is 2.32. The van der Waals surface area contributed by atoms with Gasteiger partial charge in [-0.15, -0.1) is 0 Å². The highest BCUT2D eigenvalue weighted by Crippen LogP contribution is 2.26. The van der Waals surface area contributed by atoms with Gasteiger partial charge in [-0.3, -0.25) is 0 Å². The first kappa shape index (κ1) is 12.5. The molecule has 0 unspecified atom stereocenters. The molecule has 1 aromatic heterocycles. The van der Waals surface area contributed by atoms with Gasteiger partial charge in [0.05, 0.1) is 18.3 Å². The van der Waals surface area contributed by atoms with E-state index in [2.05, 4.69) is 25.9 Å². The van der Waals surface area contributed by atoms with E-state index in [0.29, 0.717) is 5.82 Å². The zero-order valence-electron chi connectivity index (χ0n) is 11.3. The molecule has 2 aromatic rings. The number of ether oxygens (including phenoxy) is 1. The van der Waals surface area contributed by atoms with Crippen LogP contribution >= 0.6 is 0 Å². The summed E-state index contributed by atoms with van der Waals surface area (Å²) in [6.07, 6.45) is 0. The molecule has 18 heavy (non-hydrogen) atoms. The summed E-state index contributed by atoms with van der Waals surface area (Å²) in [5.74, 6) is 1.51. The quantitative estimate of drug-likeness (QED) is 0.885. The Morgan fingerprint density at radius 2 is 1.78 bits per heavy atom. The Hall–Kier alpha value is -1.97. The molecule has 0 aliphatic rings. The van der Waals surface area contributed by atoms with Gasteiger partial charge in [0.1, 0.15) is 11.6 Å². The SMILES string of the molecule is COc1ccc(-c2cc(N)n(C(C)(C)C)n2)cc1. The average Bonchev–Trinajstić information content (AvgIpc) is 2.71. The second-order valence-corrected chi connectivity index (χ2v) is 5.27. The third-order valence-corrected chi connectivity index (χ3v) is 2.76. The molecule has 2 rings (SSSR count). The number of benzene rings is 1. The molecule has 0 spiro atoms. The van der Waals surface area contributed by atoms with Gasteiger partial charge in [0.25, 0.3) is 0 Å². The van der Waals surface area contributed by atoms with E-state index in [1.807, 2.05) is 35.0 Å². The highest BCUT2D eigenvalue weighted by molar-refractivity contribution is 5.63. The molecule has 2 N–H and O–H groups in total. The van der Waals surface area contributed by atoms with E-state index in [0.717, 1.165) is 17.0 Å². The normalized spacial score (nSPS) is 11.6. The van der Waals surface area contributed by atoms with Gasteiger partial charge in [-0.2, -0.15) is 5.10 Å². The van der Waals surface area contributed by atoms with Gasteiger partial charge < -0.3 is 10.5 Å². The van der Waals surface area contributed by atoms with Crippen molar-refractivity contribution in [1.29, 1.82) is 0 Å². The van der Waals surface area contributed by atoms with Crippen molar-refractivity contribution >= 4 is 5.82 Å². The first-order valence-electron chi connectivity index (χ1n) is 5.92. The van der Waals surface area contributed by atoms with Gasteiger partial charge in [-0.25, -0.2) is 4.68 Å². The number of hydrogen-bond acceptors (Lipinski definition) is 3. The number of rotatable bonds is 2. The van der Waals surface area contributed by atoms with Crippen LogP contribution in [-0.4, -0.2) is 16.9 Å². The Bertz CT molecular complexity index is 535. The van der Waals surface area contributed by atoms with Gasteiger partial charge >= 0.3 is 0 Å². The first-order valence-corrected chi connectivity index (χ1v) is 5.92. The van der Waals surface area contributed by atoms with Crippen molar-refractivity contribution in [3.63, 3.8) is 0 Å². The molecule has 0 aliphatic heterocycles. The summed E-state index contributed by atoms with van der Waals surface area (Å²) in [5.41, 5.74) is 7.79. The number of methoxy groups -OCH3 is 1. The Morgan fingerprint density at radius 3 is 2.22 bits per heavy atom. The molecule has 0 fully saturated rings. The van der Waals surface area contributed by atoms with E-state index in [9.17, 15) is 0 Å². The van der Waals surface area contributed by atoms with Crippen LogP contribution in [0.5, 0.6) is 5.75 Å². The van der Waals surface area contributed by atoms with Crippen molar-refractivity contribution in [3.8, 4) is 17.0 Å². The van der Waals surface area contributed by atoms with Gasteiger partial charge in [-0.05, 0) is 45.0 Å². The van der Waals surface area contributed by atoms with Crippen LogP contribution in [0.25, 0.3) is 11.3 Å². The zero-order chi connectivity index (χ0) is 13.3. The Labute approximate surface area is 107 Å². The molecule has 1 heterocycles. The predicted molar refractivity (Wildman–Crippen MR) is 73.6 cm³/mol. The smallest absolute Gasteiger partial charge is 0.122 e. The molecule has 4 nitrogen and oxygen atoms in total. The van der Waals surface area contributed by atoms with Crippen LogP contribution in [-0.2, 0) is 5.54 Å². The molecular weight excluding hydrogens is 226 g/mol. The molecular formula is C14H19N3O. The molecule has 0 aliphatic carbocycles. The van der Waals surface area contributed by atoms with Gasteiger partial charge in [-0.1, -0.05) is 0 Å². The zero-order valence-corrected chi connectivity index (χ0v) is 11.3. The molecule has 0 bridgehead atoms. The Balaban J connectivity index is 2.39. The summed E-state index contributed by atoms with van der Waals surface area (Å²) in [6, 6.07) is 9.69. The molecule has 1 aromatic carbocycles. The first-order chi connectivity index (χ1) is 8.41. The summed E-state index contributed by atoms with van der Waals surface area (Å²) in [6.45, 7) is 6.23. The maximum Gasteiger partial charge on any atom is 0.122 e. The fourth-order valence-corrected chi connectivity index (χ4v) is 1.84. The molecule has 96 valence electrons. The predicted octanol–water partition coefficient (Wildman–Crippen LogP) is 2.90. The van der Waals surface area contributed by atoms with E-state index in [-0.39, 0.29) is 5.54 Å². The highest BCUT2D eigenvalue weighted by Gasteiger charge is 2.18. The maximum absolute atomic E-state index is 6.00. The van der Waals surface area contributed by atoms with Crippen LogP contribution < -0.4 is 10.5 Å². The lowest BCUT2D eigenvalue weighted by Gasteiger charge is -2.20. The number of nitrogens with two attached hydrogens (primary N) is 1. The lowest BCUT2D eigenvalue weighted by Crippen LogP contribution is -2.24. The minimum absolute atomic E-state index is 0.116. The summed E-state index contributed by atoms with van der Waals surface area (Å²) >= 11 is 0. The minimum atomic E-state index is -0.116. The molecule has 0 atom stereocenters. The summed E-state index contributed by atoms with van der Waals surface area (Å²) in [4.78, 5) is 0. The van der Waals surface area contributed by atoms with Crippen molar-refractivity contribution in [2.45, 2.75) is 26.3 Å². The lowest BCUT2D eigenvalue weighted by molar-refractivity contribution is 0.362. The molecule has 4 heteroatoms. The van der Waals surface area contributed by atoms with E-state index in [1.54, 1.807) is 7.11 Å². The van der Waals surface area contributed by atoms with Crippen molar-refractivity contribution in [2.24, 2.45) is 0 Å². The largest absolute Gasteiger partial charge is 0.497 e. The van der Waals surface area contributed by atoms with E-state index >= 15 is 0 Å². The average molecular weight is 245 g/mol. The number of nitrogen functional groups attached to an aromatic ring is 1. The molecule has 0 saturated carbocycles. The highest BCUT2D eigenvalue weighted by atomic mass is 16.5. The third-order valence-electron chi connectivity index (χ3n) is 2.76. The number of nitrogens with zero attached hydrogens (tertiary/aromatic N) is 2. The maximum atomic E-state index is 6.00. The number of hydrogen-bond donors (Lipinski definition) is 1. The second-order valence-electron chi connectivity index (χ2n) is 5.27. The number of aromatic nitrogens is 2. The van der Waals surface area contributed by atoms with E-state index in [4.69, 9.17) is 10.5 Å². The van der Waals surface area contributed by atoms with Crippen molar-refractivity contribution < 1.29 is 4.74 Å². The summed E-state index contributed by atoms with van der Waals surface area (Å²) in [5, 5.41) is 4.56. The Morgan fingerprint density at radius 1 is 1.17 bits per heavy atom. The fraction of sp³-hybridized carbons (Fsp3) is 0.357. The van der Waals surface area contributed by atoms with E-state index < -0.39 is 0 Å². The summed E-state index contributed by atoms with van der Waals surface area (Å²) in [7, 11) is 1.65. The van der Waals surface area contributed by atoms with Crippen LogP contribution in [0, 0.1) is 0 Å². The van der Waals surface area contributed by atoms with Crippen molar-refractivity contribution in [3.05, 3.63) is 30.3 Å². The van der Waals surface area contributed by atoms with Gasteiger partial charge in [0.2, 0.25) is 0 Å². The molecule has 0 saturated heterocycles. The fourth-order valence-electron chi connectivity index (χ4n) is 1.84. The van der Waals surface area contributed by atoms with Gasteiger partial charge in [0, 0.05) is 11.6 Å². The summed E-state index contributed by atoms with van der Waals surface area (Å²) < 4.78 is 6.98. The van der Waals surface area contributed by atoms with Crippen LogP contribution in [0.4, 0.5) is 5.82 Å². The standard InChI is InChI=1S/C14H19N3O/c1-14(2,3)17-13(15)9-12(16-17)10-5-7-11(18-4)8-6-10/h5-9H,15H2,1-4H3. The lowest BCUT2D eigenvalue weighted by atomic mass is 10.1. The monoisotopic (exact) mass is 245 g/mol. The topological polar surface area (TPSA) is 53.1 Å². The second kappa shape index (κ2) is 4.37. The van der Waals surface area contributed by atoms with Crippen molar-refractivity contribution in [1.82, 2.24) is 9.78 Å². The number of anilines is 1. The minimum Gasteiger partial charge on any atom is -0.497 e. The van der Waals surface area contributed by atoms with Crippen LogP contribution in [0.1, 0.15) is 20.8 Å².